The van der Waals surface area contributed by atoms with E-state index in [9.17, 15) is 0 Å². The SMILES string of the molecule is C[Si]1O[Si](C)O1. The summed E-state index contributed by atoms with van der Waals surface area (Å²) in [6.07, 6.45) is 0. The number of hydrogen-bond acceptors (Lipinski definition) is 2. The molecule has 0 aromatic heterocycles. The highest BCUT2D eigenvalue weighted by molar-refractivity contribution is 6.72. The van der Waals surface area contributed by atoms with Crippen molar-refractivity contribution in [2.45, 2.75) is 13.1 Å². The van der Waals surface area contributed by atoms with Gasteiger partial charge in [-0.05, 0) is 13.1 Å². The molecule has 1 saturated heterocycles. The van der Waals surface area contributed by atoms with Gasteiger partial charge in [-0.15, -0.1) is 0 Å². The van der Waals surface area contributed by atoms with E-state index in [4.69, 9.17) is 8.23 Å². The fourth-order valence-corrected chi connectivity index (χ4v) is 3.71. The highest BCUT2D eigenvalue weighted by atomic mass is 28.5. The minimum atomic E-state index is -0.697. The van der Waals surface area contributed by atoms with Crippen LogP contribution in [0.3, 0.4) is 0 Å². The Morgan fingerprint density at radius 2 is 1.33 bits per heavy atom. The first-order valence-corrected chi connectivity index (χ1v) is 5.45. The Morgan fingerprint density at radius 1 is 1.00 bits per heavy atom. The maximum absolute atomic E-state index is 5.12. The predicted octanol–water partition coefficient (Wildman–Crippen LogP) is 0.269. The van der Waals surface area contributed by atoms with Crippen LogP contribution in [0.1, 0.15) is 0 Å². The van der Waals surface area contributed by atoms with E-state index in [1.807, 2.05) is 13.1 Å². The zero-order chi connectivity index (χ0) is 4.57. The summed E-state index contributed by atoms with van der Waals surface area (Å²) >= 11 is 0. The summed E-state index contributed by atoms with van der Waals surface area (Å²) in [4.78, 5) is 0. The van der Waals surface area contributed by atoms with Gasteiger partial charge in [0.2, 0.25) is 0 Å². The summed E-state index contributed by atoms with van der Waals surface area (Å²) < 4.78 is 10.2. The second-order valence-corrected chi connectivity index (χ2v) is 4.79. The smallest absolute Gasteiger partial charge is 0.362 e. The van der Waals surface area contributed by atoms with Crippen molar-refractivity contribution in [1.29, 1.82) is 0 Å². The van der Waals surface area contributed by atoms with Crippen LogP contribution in [-0.4, -0.2) is 18.6 Å². The van der Waals surface area contributed by atoms with Crippen LogP contribution in [0.15, 0.2) is 0 Å². The van der Waals surface area contributed by atoms with Gasteiger partial charge in [0.15, 0.2) is 0 Å². The predicted molar refractivity (Wildman–Crippen MR) is 25.4 cm³/mol. The molecule has 0 unspecified atom stereocenters. The van der Waals surface area contributed by atoms with Gasteiger partial charge in [0, 0.05) is 0 Å². The molecule has 6 heavy (non-hydrogen) atoms. The summed E-state index contributed by atoms with van der Waals surface area (Å²) in [6, 6.07) is 0. The van der Waals surface area contributed by atoms with Crippen LogP contribution in [0.5, 0.6) is 0 Å². The fourth-order valence-electron chi connectivity index (χ4n) is 0.412. The third-order valence-corrected chi connectivity index (χ3v) is 5.17. The van der Waals surface area contributed by atoms with Gasteiger partial charge in [0.25, 0.3) is 0 Å². The van der Waals surface area contributed by atoms with E-state index in [1.54, 1.807) is 0 Å². The first-order valence-electron chi connectivity index (χ1n) is 1.82. The molecule has 0 aromatic carbocycles. The molecule has 0 N–H and O–H groups in total. The average Bonchev–Trinajstić information content (AvgIpc) is 1.33. The van der Waals surface area contributed by atoms with Crippen molar-refractivity contribution in [2.75, 3.05) is 0 Å². The summed E-state index contributed by atoms with van der Waals surface area (Å²) in [6.45, 7) is 4.00. The Kier molecular flexibility index (Phi) is 1.09. The van der Waals surface area contributed by atoms with Gasteiger partial charge in [-0.25, -0.2) is 0 Å². The molecular formula is C2H6O2Si2. The fraction of sp³-hybridized carbons (Fsp3) is 1.00. The summed E-state index contributed by atoms with van der Waals surface area (Å²) in [5, 5.41) is 0. The van der Waals surface area contributed by atoms with Crippen molar-refractivity contribution < 1.29 is 8.23 Å². The van der Waals surface area contributed by atoms with Crippen LogP contribution >= 0.6 is 0 Å². The molecule has 4 heteroatoms. The molecule has 0 saturated carbocycles. The highest BCUT2D eigenvalue weighted by Gasteiger charge is 2.28. The topological polar surface area (TPSA) is 18.5 Å². The molecule has 0 bridgehead atoms. The van der Waals surface area contributed by atoms with E-state index < -0.39 is 18.6 Å². The first-order chi connectivity index (χ1) is 2.79. The largest absolute Gasteiger partial charge is 0.414 e. The van der Waals surface area contributed by atoms with Crippen LogP contribution in [0.2, 0.25) is 13.1 Å². The van der Waals surface area contributed by atoms with Gasteiger partial charge in [-0.2, -0.15) is 0 Å². The lowest BCUT2D eigenvalue weighted by molar-refractivity contribution is 0.294. The Bertz CT molecular complexity index is 45.5. The molecule has 1 heterocycles. The van der Waals surface area contributed by atoms with Gasteiger partial charge >= 0.3 is 18.6 Å². The van der Waals surface area contributed by atoms with Gasteiger partial charge in [0.05, 0.1) is 0 Å². The first kappa shape index (κ1) is 4.51. The third kappa shape index (κ3) is 0.702. The van der Waals surface area contributed by atoms with E-state index in [0.717, 1.165) is 0 Å². The monoisotopic (exact) mass is 118 g/mol. The Hall–Kier alpha value is 0.354. The molecule has 1 fully saturated rings. The van der Waals surface area contributed by atoms with Crippen molar-refractivity contribution in [1.82, 2.24) is 0 Å². The third-order valence-electron chi connectivity index (χ3n) is 0.575. The quantitative estimate of drug-likeness (QED) is 0.425. The standard InChI is InChI=1S/C2H6O2Si2/c1-5-3-6(2)4-5/h1-2H3. The van der Waals surface area contributed by atoms with Crippen molar-refractivity contribution in [3.05, 3.63) is 0 Å². The maximum Gasteiger partial charge on any atom is 0.362 e. The molecule has 0 amide bonds. The Labute approximate surface area is 40.8 Å². The molecule has 34 valence electrons. The van der Waals surface area contributed by atoms with E-state index >= 15 is 0 Å². The zero-order valence-corrected chi connectivity index (χ0v) is 5.82. The van der Waals surface area contributed by atoms with Crippen molar-refractivity contribution in [2.24, 2.45) is 0 Å². The Morgan fingerprint density at radius 3 is 1.33 bits per heavy atom. The second kappa shape index (κ2) is 1.45. The summed E-state index contributed by atoms with van der Waals surface area (Å²) in [5.41, 5.74) is 0. The van der Waals surface area contributed by atoms with Crippen LogP contribution in [-0.2, 0) is 8.23 Å². The minimum Gasteiger partial charge on any atom is -0.414 e. The second-order valence-electron chi connectivity index (χ2n) is 1.19. The van der Waals surface area contributed by atoms with E-state index in [2.05, 4.69) is 0 Å². The normalized spacial score (nSPS) is 27.0. The molecule has 2 radical (unpaired) electrons. The van der Waals surface area contributed by atoms with Crippen LogP contribution in [0, 0.1) is 0 Å². The lowest BCUT2D eigenvalue weighted by Gasteiger charge is -2.26. The summed E-state index contributed by atoms with van der Waals surface area (Å²) in [7, 11) is -1.39. The zero-order valence-electron chi connectivity index (χ0n) is 3.82. The maximum atomic E-state index is 5.12. The number of rotatable bonds is 0. The van der Waals surface area contributed by atoms with Gasteiger partial charge in [-0.3, -0.25) is 0 Å². The highest BCUT2D eigenvalue weighted by Crippen LogP contribution is 2.05. The number of hydrogen-bond donors (Lipinski definition) is 0. The lowest BCUT2D eigenvalue weighted by atomic mass is 11.9. The van der Waals surface area contributed by atoms with E-state index in [1.165, 1.54) is 0 Å². The molecule has 0 spiro atoms. The van der Waals surface area contributed by atoms with Crippen LogP contribution in [0.4, 0.5) is 0 Å². The van der Waals surface area contributed by atoms with Crippen LogP contribution in [0.25, 0.3) is 0 Å². The van der Waals surface area contributed by atoms with Crippen molar-refractivity contribution in [3.63, 3.8) is 0 Å². The molecular weight excluding hydrogens is 112 g/mol. The average molecular weight is 118 g/mol. The Balaban J connectivity index is 2.11. The molecule has 1 aliphatic rings. The van der Waals surface area contributed by atoms with E-state index in [-0.39, 0.29) is 0 Å². The molecule has 2 nitrogen and oxygen atoms in total. The van der Waals surface area contributed by atoms with Gasteiger partial charge in [0.1, 0.15) is 0 Å². The van der Waals surface area contributed by atoms with Gasteiger partial charge in [-0.1, -0.05) is 0 Å². The molecule has 0 atom stereocenters. The molecule has 0 aliphatic carbocycles. The minimum absolute atomic E-state index is 0.697. The van der Waals surface area contributed by atoms with E-state index in [0.29, 0.717) is 0 Å². The van der Waals surface area contributed by atoms with Crippen molar-refractivity contribution >= 4 is 18.6 Å². The lowest BCUT2D eigenvalue weighted by Crippen LogP contribution is -2.44. The van der Waals surface area contributed by atoms with Crippen molar-refractivity contribution in [3.8, 4) is 0 Å². The summed E-state index contributed by atoms with van der Waals surface area (Å²) in [5.74, 6) is 0. The van der Waals surface area contributed by atoms with Crippen LogP contribution < -0.4 is 0 Å². The molecule has 1 rings (SSSR count). The molecule has 0 aromatic rings. The van der Waals surface area contributed by atoms with Gasteiger partial charge < -0.3 is 8.23 Å². The molecule has 1 aliphatic heterocycles.